The third kappa shape index (κ3) is 5.31. The van der Waals surface area contributed by atoms with Crippen molar-refractivity contribution in [2.24, 2.45) is 5.92 Å². The number of ether oxygens (including phenoxy) is 3. The summed E-state index contributed by atoms with van der Waals surface area (Å²) < 4.78 is 19.6. The van der Waals surface area contributed by atoms with Crippen molar-refractivity contribution < 1.29 is 24.1 Å². The van der Waals surface area contributed by atoms with Gasteiger partial charge >= 0.3 is 0 Å². The van der Waals surface area contributed by atoms with E-state index in [4.69, 9.17) is 14.2 Å². The minimum Gasteiger partial charge on any atom is -0.493 e. The Morgan fingerprint density at radius 1 is 1.15 bits per heavy atom. The first-order valence-electron chi connectivity index (χ1n) is 11.7. The van der Waals surface area contributed by atoms with Crippen LogP contribution in [0, 0.1) is 40.5 Å². The van der Waals surface area contributed by atoms with E-state index in [1.165, 1.54) is 6.26 Å². The first-order valence-corrected chi connectivity index (χ1v) is 11.7. The number of carbonyl (C=O) groups is 1. The molecular weight excluding hydrogens is 420 g/mol. The third-order valence-electron chi connectivity index (χ3n) is 6.75. The van der Waals surface area contributed by atoms with Crippen molar-refractivity contribution in [3.8, 4) is 5.75 Å². The van der Waals surface area contributed by atoms with E-state index in [0.29, 0.717) is 25.1 Å². The number of allylic oxidation sites excluding steroid dienone is 1. The number of carbonyl (C=O) groups excluding carboxylic acids is 1. The van der Waals surface area contributed by atoms with Crippen molar-refractivity contribution in [2.45, 2.75) is 78.7 Å². The second-order valence-corrected chi connectivity index (χ2v) is 9.45. The smallest absolute Gasteiger partial charge is 0.207 e. The van der Waals surface area contributed by atoms with Gasteiger partial charge in [0.15, 0.2) is 0 Å². The van der Waals surface area contributed by atoms with Gasteiger partial charge in [0.2, 0.25) is 11.5 Å². The van der Waals surface area contributed by atoms with E-state index in [-0.39, 0.29) is 36.3 Å². The molecule has 1 aliphatic heterocycles. The van der Waals surface area contributed by atoms with Crippen molar-refractivity contribution in [1.29, 1.82) is 0 Å². The fourth-order valence-electron chi connectivity index (χ4n) is 4.74. The zero-order chi connectivity index (χ0) is 23.7. The lowest BCUT2D eigenvalue weighted by molar-refractivity contribution is -0.135. The number of aliphatic hydroxyl groups is 1. The number of aliphatic hydroxyl groups excluding tert-OH is 1. The molecule has 1 aliphatic carbocycles. The molecule has 0 radical (unpaired) electrons. The third-order valence-corrected chi connectivity index (χ3v) is 6.75. The normalized spacial score (nSPS) is 23.5. The predicted molar refractivity (Wildman–Crippen MR) is 124 cm³/mol. The summed E-state index contributed by atoms with van der Waals surface area (Å²) >= 11 is 0. The topological polar surface area (TPSA) is 82.8 Å². The molecule has 0 bridgehead atoms. The SMILES string of the molecule is Cc1cc(C)cc(OC2=COC3CC(OCC(O)Cn4nc(C)c(C)c4C)CCC3C2=O)c1. The molecule has 7 heteroatoms. The molecule has 0 spiro atoms. The molecule has 2 aliphatic rings. The van der Waals surface area contributed by atoms with Gasteiger partial charge in [0.1, 0.15) is 18.1 Å². The summed E-state index contributed by atoms with van der Waals surface area (Å²) in [6.07, 6.45) is 2.57. The van der Waals surface area contributed by atoms with Gasteiger partial charge in [-0.1, -0.05) is 6.07 Å². The molecule has 1 N–H and O–H groups in total. The molecule has 2 heterocycles. The maximum Gasteiger partial charge on any atom is 0.207 e. The number of fused-ring (bicyclic) bond motifs is 1. The highest BCUT2D eigenvalue weighted by molar-refractivity contribution is 5.96. The van der Waals surface area contributed by atoms with Crippen LogP contribution in [-0.2, 0) is 20.8 Å². The Morgan fingerprint density at radius 3 is 2.55 bits per heavy atom. The van der Waals surface area contributed by atoms with Gasteiger partial charge in [0.25, 0.3) is 0 Å². The average molecular weight is 455 g/mol. The van der Waals surface area contributed by atoms with Gasteiger partial charge in [-0.25, -0.2) is 0 Å². The van der Waals surface area contributed by atoms with Crippen molar-refractivity contribution in [3.63, 3.8) is 0 Å². The van der Waals surface area contributed by atoms with Crippen LogP contribution in [0.5, 0.6) is 5.75 Å². The van der Waals surface area contributed by atoms with Gasteiger partial charge in [0, 0.05) is 12.1 Å². The molecule has 2 aromatic rings. The molecule has 1 saturated carbocycles. The lowest BCUT2D eigenvalue weighted by Gasteiger charge is -2.37. The Balaban J connectivity index is 1.30. The van der Waals surface area contributed by atoms with Crippen molar-refractivity contribution >= 4 is 5.78 Å². The van der Waals surface area contributed by atoms with Crippen molar-refractivity contribution in [1.82, 2.24) is 9.78 Å². The van der Waals surface area contributed by atoms with Gasteiger partial charge in [-0.05, 0) is 76.3 Å². The molecule has 7 nitrogen and oxygen atoms in total. The molecule has 0 saturated heterocycles. The summed E-state index contributed by atoms with van der Waals surface area (Å²) in [6.45, 7) is 10.6. The molecule has 1 fully saturated rings. The first-order chi connectivity index (χ1) is 15.7. The van der Waals surface area contributed by atoms with Crippen LogP contribution in [0.3, 0.4) is 0 Å². The van der Waals surface area contributed by atoms with Crippen LogP contribution < -0.4 is 4.74 Å². The van der Waals surface area contributed by atoms with Crippen LogP contribution in [0.2, 0.25) is 0 Å². The summed E-state index contributed by atoms with van der Waals surface area (Å²) in [5.74, 6) is 0.677. The number of rotatable bonds is 7. The van der Waals surface area contributed by atoms with Crippen LogP contribution in [0.4, 0.5) is 0 Å². The Bertz CT molecular complexity index is 1040. The second kappa shape index (κ2) is 9.69. The molecular formula is C26H34N2O5. The van der Waals surface area contributed by atoms with Crippen molar-refractivity contribution in [3.05, 3.63) is 58.3 Å². The van der Waals surface area contributed by atoms with Gasteiger partial charge in [0.05, 0.1) is 37.0 Å². The summed E-state index contributed by atoms with van der Waals surface area (Å²) in [7, 11) is 0. The van der Waals surface area contributed by atoms with E-state index in [9.17, 15) is 9.90 Å². The van der Waals surface area contributed by atoms with Gasteiger partial charge in [-0.2, -0.15) is 5.10 Å². The number of benzene rings is 1. The van der Waals surface area contributed by atoms with E-state index in [0.717, 1.165) is 34.5 Å². The lowest BCUT2D eigenvalue weighted by Crippen LogP contribution is -2.43. The molecule has 1 aromatic heterocycles. The van der Waals surface area contributed by atoms with E-state index < -0.39 is 6.10 Å². The molecule has 4 rings (SSSR count). The fourth-order valence-corrected chi connectivity index (χ4v) is 4.74. The quantitative estimate of drug-likeness (QED) is 0.684. The standard InChI is InChI=1S/C26H34N2O5/c1-15-8-16(2)10-22(9-15)33-25-14-32-24-11-21(6-7-23(24)26(25)30)31-13-20(29)12-28-19(5)17(3)18(4)27-28/h8-10,14,20-21,23-24,29H,6-7,11-13H2,1-5H3. The van der Waals surface area contributed by atoms with E-state index in [2.05, 4.69) is 11.2 Å². The zero-order valence-corrected chi connectivity index (χ0v) is 20.1. The minimum atomic E-state index is -0.647. The Kier molecular flexibility index (Phi) is 6.91. The molecule has 178 valence electrons. The predicted octanol–water partition coefficient (Wildman–Crippen LogP) is 3.86. The highest BCUT2D eigenvalue weighted by Gasteiger charge is 2.41. The first kappa shape index (κ1) is 23.5. The highest BCUT2D eigenvalue weighted by atomic mass is 16.5. The van der Waals surface area contributed by atoms with Crippen LogP contribution in [0.1, 0.15) is 47.3 Å². The van der Waals surface area contributed by atoms with Gasteiger partial charge < -0.3 is 19.3 Å². The van der Waals surface area contributed by atoms with Crippen molar-refractivity contribution in [2.75, 3.05) is 6.61 Å². The number of Topliss-reactive ketones (excluding diaryl/α,β-unsaturated/α-hetero) is 1. The Labute approximate surface area is 195 Å². The summed E-state index contributed by atoms with van der Waals surface area (Å²) in [4.78, 5) is 13.0. The zero-order valence-electron chi connectivity index (χ0n) is 20.1. The number of ketones is 1. The maximum absolute atomic E-state index is 13.0. The maximum atomic E-state index is 13.0. The molecule has 4 unspecified atom stereocenters. The number of aromatic nitrogens is 2. The highest BCUT2D eigenvalue weighted by Crippen LogP contribution is 2.35. The lowest BCUT2D eigenvalue weighted by atomic mass is 9.80. The van der Waals surface area contributed by atoms with E-state index >= 15 is 0 Å². The number of nitrogens with zero attached hydrogens (tertiary/aromatic N) is 2. The summed E-state index contributed by atoms with van der Waals surface area (Å²) in [5.41, 5.74) is 5.36. The van der Waals surface area contributed by atoms with Crippen LogP contribution in [0.25, 0.3) is 0 Å². The summed E-state index contributed by atoms with van der Waals surface area (Å²) in [6, 6.07) is 5.89. The minimum absolute atomic E-state index is 0.0104. The van der Waals surface area contributed by atoms with E-state index in [1.807, 2.05) is 51.4 Å². The van der Waals surface area contributed by atoms with Gasteiger partial charge in [-0.3, -0.25) is 9.48 Å². The summed E-state index contributed by atoms with van der Waals surface area (Å²) in [5, 5.41) is 14.9. The fraction of sp³-hybridized carbons (Fsp3) is 0.538. The molecule has 33 heavy (non-hydrogen) atoms. The number of hydrogen-bond donors (Lipinski definition) is 1. The van der Waals surface area contributed by atoms with Gasteiger partial charge in [-0.15, -0.1) is 0 Å². The number of aryl methyl sites for hydroxylation is 3. The Hall–Kier alpha value is -2.64. The molecule has 1 aromatic carbocycles. The number of hydrogen-bond acceptors (Lipinski definition) is 6. The van der Waals surface area contributed by atoms with Crippen LogP contribution in [0.15, 0.2) is 30.2 Å². The largest absolute Gasteiger partial charge is 0.493 e. The monoisotopic (exact) mass is 454 g/mol. The second-order valence-electron chi connectivity index (χ2n) is 9.45. The average Bonchev–Trinajstić information content (AvgIpc) is 3.00. The van der Waals surface area contributed by atoms with Crippen LogP contribution in [-0.4, -0.2) is 45.6 Å². The van der Waals surface area contributed by atoms with Crippen LogP contribution >= 0.6 is 0 Å². The Morgan fingerprint density at radius 2 is 1.88 bits per heavy atom. The molecule has 4 atom stereocenters. The van der Waals surface area contributed by atoms with E-state index in [1.54, 1.807) is 0 Å². The molecule has 0 amide bonds.